The second-order valence-electron chi connectivity index (χ2n) is 6.04. The van der Waals surface area contributed by atoms with E-state index in [1.165, 1.54) is 12.1 Å². The van der Waals surface area contributed by atoms with Gasteiger partial charge in [0, 0.05) is 29.0 Å². The molecule has 0 aliphatic carbocycles. The highest BCUT2D eigenvalue weighted by Gasteiger charge is 2.11. The number of benzene rings is 2. The zero-order chi connectivity index (χ0) is 19.9. The van der Waals surface area contributed by atoms with Crippen molar-refractivity contribution in [2.24, 2.45) is 5.10 Å². The first-order chi connectivity index (χ1) is 13.6. The van der Waals surface area contributed by atoms with Crippen LogP contribution in [-0.4, -0.2) is 21.1 Å². The van der Waals surface area contributed by atoms with Gasteiger partial charge in [0.15, 0.2) is 11.6 Å². The molecule has 28 heavy (non-hydrogen) atoms. The Morgan fingerprint density at radius 1 is 1.14 bits per heavy atom. The molecule has 0 saturated heterocycles. The summed E-state index contributed by atoms with van der Waals surface area (Å²) in [6.45, 7) is 5.72. The third-order valence-corrected chi connectivity index (χ3v) is 4.08. The lowest BCUT2D eigenvalue weighted by molar-refractivity contribution is -0.384. The molecule has 0 saturated carbocycles. The summed E-state index contributed by atoms with van der Waals surface area (Å²) in [6.07, 6.45) is 3.98. The highest BCUT2D eigenvalue weighted by molar-refractivity contribution is 5.80. The van der Waals surface area contributed by atoms with Crippen LogP contribution >= 0.6 is 0 Å². The van der Waals surface area contributed by atoms with Crippen LogP contribution in [0.1, 0.15) is 16.8 Å². The highest BCUT2D eigenvalue weighted by Crippen LogP contribution is 2.23. The maximum Gasteiger partial charge on any atom is 0.269 e. The third-order valence-electron chi connectivity index (χ3n) is 4.08. The van der Waals surface area contributed by atoms with Crippen molar-refractivity contribution in [1.82, 2.24) is 9.97 Å². The highest BCUT2D eigenvalue weighted by atomic mass is 16.6. The van der Waals surface area contributed by atoms with Crippen molar-refractivity contribution in [2.75, 3.05) is 5.43 Å². The van der Waals surface area contributed by atoms with E-state index < -0.39 is 4.92 Å². The van der Waals surface area contributed by atoms with Crippen molar-refractivity contribution in [3.05, 3.63) is 94.2 Å². The van der Waals surface area contributed by atoms with E-state index in [-0.39, 0.29) is 5.69 Å². The molecule has 0 fully saturated rings. The fraction of sp³-hybridized carbons (Fsp3) is 0.0952. The van der Waals surface area contributed by atoms with Crippen LogP contribution in [0.25, 0.3) is 11.4 Å². The Morgan fingerprint density at radius 2 is 1.86 bits per heavy atom. The molecule has 3 aromatic rings. The summed E-state index contributed by atoms with van der Waals surface area (Å²) >= 11 is 0. The summed E-state index contributed by atoms with van der Waals surface area (Å²) < 4.78 is 0. The Balaban J connectivity index is 1.87. The second-order valence-corrected chi connectivity index (χ2v) is 6.04. The summed E-state index contributed by atoms with van der Waals surface area (Å²) in [7, 11) is 0. The molecule has 0 radical (unpaired) electrons. The molecule has 0 spiro atoms. The van der Waals surface area contributed by atoms with Gasteiger partial charge < -0.3 is 0 Å². The van der Waals surface area contributed by atoms with Crippen LogP contribution in [0.4, 0.5) is 11.5 Å². The zero-order valence-corrected chi connectivity index (χ0v) is 15.4. The van der Waals surface area contributed by atoms with Gasteiger partial charge in [-0.3, -0.25) is 15.5 Å². The van der Waals surface area contributed by atoms with Crippen LogP contribution in [0, 0.1) is 17.0 Å². The number of nitrogens with one attached hydrogen (secondary N) is 1. The zero-order valence-electron chi connectivity index (χ0n) is 15.4. The SMILES string of the molecule is C=CCc1c(C)nc(-c2ccccc2)nc1NN=Cc1ccc([N+](=O)[O-])cc1. The molecule has 1 aromatic heterocycles. The van der Waals surface area contributed by atoms with Crippen molar-refractivity contribution in [3.8, 4) is 11.4 Å². The molecule has 0 unspecified atom stereocenters. The molecule has 0 aliphatic heterocycles. The van der Waals surface area contributed by atoms with Crippen molar-refractivity contribution in [1.29, 1.82) is 0 Å². The first-order valence-corrected chi connectivity index (χ1v) is 8.66. The lowest BCUT2D eigenvalue weighted by Crippen LogP contribution is -2.05. The maximum absolute atomic E-state index is 10.7. The minimum absolute atomic E-state index is 0.0392. The predicted octanol–water partition coefficient (Wildman–Crippen LogP) is 4.53. The number of non-ortho nitro benzene ring substituents is 1. The average molecular weight is 373 g/mol. The van der Waals surface area contributed by atoms with Gasteiger partial charge in [0.1, 0.15) is 0 Å². The Bertz CT molecular complexity index is 1010. The van der Waals surface area contributed by atoms with Gasteiger partial charge in [0.25, 0.3) is 5.69 Å². The number of hydrazone groups is 1. The van der Waals surface area contributed by atoms with Crippen LogP contribution in [0.3, 0.4) is 0 Å². The van der Waals surface area contributed by atoms with Gasteiger partial charge >= 0.3 is 0 Å². The minimum atomic E-state index is -0.435. The van der Waals surface area contributed by atoms with Crippen LogP contribution in [-0.2, 0) is 6.42 Å². The summed E-state index contributed by atoms with van der Waals surface area (Å²) in [6, 6.07) is 15.9. The topological polar surface area (TPSA) is 93.3 Å². The molecule has 7 heteroatoms. The van der Waals surface area contributed by atoms with Crippen LogP contribution in [0.5, 0.6) is 0 Å². The van der Waals surface area contributed by atoms with Crippen molar-refractivity contribution < 1.29 is 4.92 Å². The van der Waals surface area contributed by atoms with Crippen LogP contribution in [0.2, 0.25) is 0 Å². The Labute approximate surface area is 162 Å². The Hall–Kier alpha value is -3.87. The molecule has 7 nitrogen and oxygen atoms in total. The molecule has 3 rings (SSSR count). The fourth-order valence-corrected chi connectivity index (χ4v) is 2.64. The maximum atomic E-state index is 10.7. The standard InChI is InChI=1S/C21H19N5O2/c1-3-7-19-15(2)23-20(17-8-5-4-6-9-17)24-21(19)25-22-14-16-10-12-18(13-11-16)26(27)28/h3-6,8-14H,1,7H2,2H3,(H,23,24,25). The van der Waals surface area contributed by atoms with Gasteiger partial charge in [0.2, 0.25) is 0 Å². The number of aromatic nitrogens is 2. The van der Waals surface area contributed by atoms with Crippen molar-refractivity contribution in [2.45, 2.75) is 13.3 Å². The molecule has 0 bridgehead atoms. The van der Waals surface area contributed by atoms with E-state index in [9.17, 15) is 10.1 Å². The molecule has 140 valence electrons. The molecule has 0 aliphatic rings. The fourth-order valence-electron chi connectivity index (χ4n) is 2.64. The number of hydrogen-bond donors (Lipinski definition) is 1. The molecular weight excluding hydrogens is 354 g/mol. The lowest BCUT2D eigenvalue weighted by Gasteiger charge is -2.11. The number of rotatable bonds is 7. The quantitative estimate of drug-likeness (QED) is 0.284. The van der Waals surface area contributed by atoms with Gasteiger partial charge in [-0.2, -0.15) is 5.10 Å². The Kier molecular flexibility index (Phi) is 5.86. The van der Waals surface area contributed by atoms with Gasteiger partial charge in [-0.25, -0.2) is 9.97 Å². The number of hydrogen-bond acceptors (Lipinski definition) is 6. The van der Waals surface area contributed by atoms with E-state index in [4.69, 9.17) is 0 Å². The number of anilines is 1. The number of allylic oxidation sites excluding steroid dienone is 1. The smallest absolute Gasteiger partial charge is 0.261 e. The van der Waals surface area contributed by atoms with E-state index in [1.807, 2.05) is 37.3 Å². The van der Waals surface area contributed by atoms with Crippen LogP contribution in [0.15, 0.2) is 72.4 Å². The first-order valence-electron chi connectivity index (χ1n) is 8.66. The van der Waals surface area contributed by atoms with E-state index >= 15 is 0 Å². The monoisotopic (exact) mass is 373 g/mol. The van der Waals surface area contributed by atoms with E-state index in [1.54, 1.807) is 24.4 Å². The number of nitrogens with zero attached hydrogens (tertiary/aromatic N) is 4. The predicted molar refractivity (Wildman–Crippen MR) is 110 cm³/mol. The van der Waals surface area contributed by atoms with Crippen molar-refractivity contribution in [3.63, 3.8) is 0 Å². The largest absolute Gasteiger partial charge is 0.269 e. The van der Waals surface area contributed by atoms with E-state index in [2.05, 4.69) is 27.1 Å². The third kappa shape index (κ3) is 4.45. The van der Waals surface area contributed by atoms with Gasteiger partial charge in [-0.1, -0.05) is 36.4 Å². The number of nitro benzene ring substituents is 1. The molecule has 1 heterocycles. The summed E-state index contributed by atoms with van der Waals surface area (Å²) in [5.41, 5.74) is 6.42. The lowest BCUT2D eigenvalue weighted by atomic mass is 10.1. The second kappa shape index (κ2) is 8.68. The summed E-state index contributed by atoms with van der Waals surface area (Å²) in [5, 5.41) is 15.0. The average Bonchev–Trinajstić information content (AvgIpc) is 2.71. The molecular formula is C21H19N5O2. The minimum Gasteiger partial charge on any atom is -0.261 e. The molecule has 0 atom stereocenters. The molecule has 1 N–H and O–H groups in total. The Morgan fingerprint density at radius 3 is 2.50 bits per heavy atom. The summed E-state index contributed by atoms with van der Waals surface area (Å²) in [5.74, 6) is 1.21. The van der Waals surface area contributed by atoms with Crippen molar-refractivity contribution >= 4 is 17.7 Å². The number of nitro groups is 1. The number of aryl methyl sites for hydroxylation is 1. The molecule has 0 amide bonds. The van der Waals surface area contributed by atoms with Gasteiger partial charge in [0.05, 0.1) is 11.1 Å². The van der Waals surface area contributed by atoms with E-state index in [0.29, 0.717) is 18.1 Å². The van der Waals surface area contributed by atoms with Crippen LogP contribution < -0.4 is 5.43 Å². The molecule has 2 aromatic carbocycles. The first kappa shape index (κ1) is 18.9. The van der Waals surface area contributed by atoms with E-state index in [0.717, 1.165) is 22.4 Å². The summed E-state index contributed by atoms with van der Waals surface area (Å²) in [4.78, 5) is 19.5. The van der Waals surface area contributed by atoms with Gasteiger partial charge in [-0.15, -0.1) is 6.58 Å². The van der Waals surface area contributed by atoms with Gasteiger partial charge in [-0.05, 0) is 31.0 Å². The normalized spacial score (nSPS) is 10.8.